The molecule has 2 N–H and O–H groups in total. The Morgan fingerprint density at radius 3 is 2.73 bits per heavy atom. The van der Waals surface area contributed by atoms with Crippen LogP contribution in [0.5, 0.6) is 0 Å². The van der Waals surface area contributed by atoms with E-state index in [2.05, 4.69) is 10.3 Å². The van der Waals surface area contributed by atoms with Crippen molar-refractivity contribution < 1.29 is 9.90 Å². The van der Waals surface area contributed by atoms with Crippen molar-refractivity contribution in [2.24, 2.45) is 0 Å². The zero-order valence-electron chi connectivity index (χ0n) is 8.87. The van der Waals surface area contributed by atoms with Gasteiger partial charge in [-0.3, -0.25) is 0 Å². The average Bonchev–Trinajstić information content (AvgIpc) is 2.85. The lowest BCUT2D eigenvalue weighted by molar-refractivity contribution is 0.0697. The second-order valence-corrected chi connectivity index (χ2v) is 4.03. The second-order valence-electron chi connectivity index (χ2n) is 4.03. The number of carboxylic acids is 1. The Morgan fingerprint density at radius 2 is 2.20 bits per heavy atom. The van der Waals surface area contributed by atoms with E-state index < -0.39 is 5.97 Å². The van der Waals surface area contributed by atoms with Crippen LogP contribution in [0.25, 0.3) is 0 Å². The van der Waals surface area contributed by atoms with E-state index in [0.717, 1.165) is 24.1 Å². The molecule has 0 atom stereocenters. The van der Waals surface area contributed by atoms with Crippen LogP contribution in [0.15, 0.2) is 6.07 Å². The molecule has 0 aromatic carbocycles. The lowest BCUT2D eigenvalue weighted by Gasteiger charge is -2.10. The van der Waals surface area contributed by atoms with Gasteiger partial charge in [0.2, 0.25) is 0 Å². The Hall–Kier alpha value is -1.58. The van der Waals surface area contributed by atoms with Crippen molar-refractivity contribution in [3.63, 3.8) is 0 Å². The average molecular weight is 206 g/mol. The molecule has 15 heavy (non-hydrogen) atoms. The molecule has 0 bridgehead atoms. The van der Waals surface area contributed by atoms with E-state index in [0.29, 0.717) is 17.4 Å². The van der Waals surface area contributed by atoms with Gasteiger partial charge in [0.05, 0.1) is 0 Å². The molecule has 80 valence electrons. The van der Waals surface area contributed by atoms with Gasteiger partial charge in [0.1, 0.15) is 11.4 Å². The van der Waals surface area contributed by atoms with Gasteiger partial charge < -0.3 is 10.4 Å². The van der Waals surface area contributed by atoms with Gasteiger partial charge in [-0.25, -0.2) is 9.78 Å². The monoisotopic (exact) mass is 206 g/mol. The number of carbonyl (C=O) groups is 1. The maximum atomic E-state index is 11.1. The van der Waals surface area contributed by atoms with E-state index in [1.165, 1.54) is 0 Å². The number of pyridine rings is 1. The molecule has 0 aliphatic heterocycles. The summed E-state index contributed by atoms with van der Waals surface area (Å²) in [5, 5.41) is 12.2. The zero-order chi connectivity index (χ0) is 11.0. The minimum Gasteiger partial charge on any atom is -0.478 e. The maximum absolute atomic E-state index is 11.1. The summed E-state index contributed by atoms with van der Waals surface area (Å²) in [6, 6.07) is 2.21. The molecule has 0 saturated heterocycles. The quantitative estimate of drug-likeness (QED) is 0.793. The Morgan fingerprint density at radius 1 is 1.53 bits per heavy atom. The molecular weight excluding hydrogens is 192 g/mol. The van der Waals surface area contributed by atoms with Gasteiger partial charge in [-0.05, 0) is 38.3 Å². The highest BCUT2D eigenvalue weighted by Crippen LogP contribution is 2.27. The molecule has 2 rings (SSSR count). The minimum atomic E-state index is -0.914. The van der Waals surface area contributed by atoms with Gasteiger partial charge in [0.15, 0.2) is 0 Å². The standard InChI is InChI=1S/C11H14N2O2/c1-6-5-7(2)12-10(9(6)11(14)15)13-8-3-4-8/h5,8H,3-4H2,1-2H3,(H,12,13)(H,14,15). The van der Waals surface area contributed by atoms with Gasteiger partial charge in [0.25, 0.3) is 0 Å². The third kappa shape index (κ3) is 2.09. The van der Waals surface area contributed by atoms with Crippen LogP contribution in [-0.4, -0.2) is 22.1 Å². The minimum absolute atomic E-state index is 0.299. The van der Waals surface area contributed by atoms with Crippen molar-refractivity contribution in [3.05, 3.63) is 22.9 Å². The molecule has 0 unspecified atom stereocenters. The topological polar surface area (TPSA) is 62.2 Å². The van der Waals surface area contributed by atoms with Crippen LogP contribution in [0.4, 0.5) is 5.82 Å². The predicted molar refractivity (Wildman–Crippen MR) is 57.3 cm³/mol. The van der Waals surface area contributed by atoms with Crippen LogP contribution in [0.3, 0.4) is 0 Å². The number of rotatable bonds is 3. The summed E-state index contributed by atoms with van der Waals surface area (Å²) in [5.41, 5.74) is 1.91. The van der Waals surface area contributed by atoms with E-state index in [1.54, 1.807) is 13.0 Å². The van der Waals surface area contributed by atoms with Crippen LogP contribution < -0.4 is 5.32 Å². The predicted octanol–water partition coefficient (Wildman–Crippen LogP) is 1.97. The summed E-state index contributed by atoms with van der Waals surface area (Å²) in [6.45, 7) is 3.67. The molecule has 0 radical (unpaired) electrons. The normalized spacial score (nSPS) is 15.1. The van der Waals surface area contributed by atoms with E-state index in [-0.39, 0.29) is 0 Å². The summed E-state index contributed by atoms with van der Waals surface area (Å²) in [6.07, 6.45) is 2.21. The summed E-state index contributed by atoms with van der Waals surface area (Å²) < 4.78 is 0. The molecule has 1 aromatic heterocycles. The fourth-order valence-electron chi connectivity index (χ4n) is 1.63. The molecule has 1 aliphatic rings. The van der Waals surface area contributed by atoms with Crippen molar-refractivity contribution in [3.8, 4) is 0 Å². The van der Waals surface area contributed by atoms with Crippen molar-refractivity contribution >= 4 is 11.8 Å². The van der Waals surface area contributed by atoms with Crippen LogP contribution in [0.2, 0.25) is 0 Å². The summed E-state index contributed by atoms with van der Waals surface area (Å²) in [7, 11) is 0. The number of aromatic carboxylic acids is 1. The number of hydrogen-bond acceptors (Lipinski definition) is 3. The SMILES string of the molecule is Cc1cc(C)c(C(=O)O)c(NC2CC2)n1. The fourth-order valence-corrected chi connectivity index (χ4v) is 1.63. The van der Waals surface area contributed by atoms with E-state index in [1.807, 2.05) is 6.92 Å². The molecule has 0 spiro atoms. The molecule has 1 saturated carbocycles. The third-order valence-electron chi connectivity index (χ3n) is 2.48. The molecule has 0 amide bonds. The van der Waals surface area contributed by atoms with Crippen LogP contribution in [-0.2, 0) is 0 Å². The van der Waals surface area contributed by atoms with Crippen LogP contribution >= 0.6 is 0 Å². The van der Waals surface area contributed by atoms with Crippen molar-refractivity contribution in [1.82, 2.24) is 4.98 Å². The van der Waals surface area contributed by atoms with Gasteiger partial charge in [-0.1, -0.05) is 0 Å². The Balaban J connectivity index is 2.42. The number of nitrogens with one attached hydrogen (secondary N) is 1. The molecule has 4 nitrogen and oxygen atoms in total. The molecular formula is C11H14N2O2. The first kappa shape index (κ1) is 9.96. The van der Waals surface area contributed by atoms with Crippen molar-refractivity contribution in [1.29, 1.82) is 0 Å². The lowest BCUT2D eigenvalue weighted by atomic mass is 10.1. The van der Waals surface area contributed by atoms with Gasteiger partial charge in [-0.2, -0.15) is 0 Å². The number of aromatic nitrogens is 1. The number of hydrogen-bond donors (Lipinski definition) is 2. The zero-order valence-corrected chi connectivity index (χ0v) is 8.87. The van der Waals surface area contributed by atoms with Crippen LogP contribution in [0, 0.1) is 13.8 Å². The van der Waals surface area contributed by atoms with E-state index in [9.17, 15) is 4.79 Å². The first-order valence-electron chi connectivity index (χ1n) is 5.06. The maximum Gasteiger partial charge on any atom is 0.339 e. The molecule has 1 aromatic rings. The molecule has 1 heterocycles. The molecule has 4 heteroatoms. The Labute approximate surface area is 88.3 Å². The Kier molecular flexibility index (Phi) is 2.34. The number of anilines is 1. The van der Waals surface area contributed by atoms with E-state index >= 15 is 0 Å². The number of carboxylic acid groups (broad SMARTS) is 1. The summed E-state index contributed by atoms with van der Waals surface area (Å²) in [4.78, 5) is 15.3. The number of nitrogens with zero attached hydrogens (tertiary/aromatic N) is 1. The van der Waals surface area contributed by atoms with Crippen molar-refractivity contribution in [2.45, 2.75) is 32.7 Å². The van der Waals surface area contributed by atoms with Gasteiger partial charge in [-0.15, -0.1) is 0 Å². The third-order valence-corrected chi connectivity index (χ3v) is 2.48. The highest BCUT2D eigenvalue weighted by atomic mass is 16.4. The van der Waals surface area contributed by atoms with Crippen molar-refractivity contribution in [2.75, 3.05) is 5.32 Å². The highest BCUT2D eigenvalue weighted by Gasteiger charge is 2.25. The Bertz CT molecular complexity index is 411. The first-order valence-corrected chi connectivity index (χ1v) is 5.06. The van der Waals surface area contributed by atoms with Gasteiger partial charge >= 0.3 is 5.97 Å². The summed E-state index contributed by atoms with van der Waals surface area (Å²) >= 11 is 0. The van der Waals surface area contributed by atoms with Crippen LogP contribution in [0.1, 0.15) is 34.5 Å². The van der Waals surface area contributed by atoms with Gasteiger partial charge in [0, 0.05) is 11.7 Å². The smallest absolute Gasteiger partial charge is 0.339 e. The largest absolute Gasteiger partial charge is 0.478 e. The fraction of sp³-hybridized carbons (Fsp3) is 0.455. The molecule has 1 aliphatic carbocycles. The summed E-state index contributed by atoms with van der Waals surface area (Å²) in [5.74, 6) is -0.398. The molecule has 1 fully saturated rings. The van der Waals surface area contributed by atoms with E-state index in [4.69, 9.17) is 5.11 Å². The highest BCUT2D eigenvalue weighted by molar-refractivity contribution is 5.94. The second kappa shape index (κ2) is 3.53. The lowest BCUT2D eigenvalue weighted by Crippen LogP contribution is -2.12. The first-order chi connectivity index (χ1) is 7.08. The number of aryl methyl sites for hydroxylation is 2.